The number of hydrogen-bond donors (Lipinski definition) is 4. The molecule has 0 saturated carbocycles. The number of carbonyl (C=O) groups excluding carboxylic acids is 2. The third kappa shape index (κ3) is 17.5. The second kappa shape index (κ2) is 20.6. The fraction of sp³-hybridized carbons (Fsp3) is 0.250. The molecule has 0 heterocycles. The average Bonchev–Trinajstić information content (AvgIpc) is 2.81. The van der Waals surface area contributed by atoms with Crippen molar-refractivity contribution in [3.63, 3.8) is 0 Å². The summed E-state index contributed by atoms with van der Waals surface area (Å²) in [6.45, 7) is 3.92. The fourth-order valence-corrected chi connectivity index (χ4v) is 2.33. The quantitative estimate of drug-likeness (QED) is 0.368. The van der Waals surface area contributed by atoms with Gasteiger partial charge < -0.3 is 19.7 Å². The number of nitrogens with one attached hydrogen (secondary N) is 2. The number of rotatable bonds is 4. The number of ether oxygens (including phenoxy) is 2. The van der Waals surface area contributed by atoms with E-state index in [4.69, 9.17) is 19.7 Å². The summed E-state index contributed by atoms with van der Waals surface area (Å²) in [7, 11) is 0. The molecule has 0 aromatic heterocycles. The van der Waals surface area contributed by atoms with Gasteiger partial charge in [-0.1, -0.05) is 43.7 Å². The molecule has 34 heavy (non-hydrogen) atoms. The van der Waals surface area contributed by atoms with Gasteiger partial charge in [0.2, 0.25) is 0 Å². The number of halogens is 2. The molecule has 4 N–H and O–H groups in total. The van der Waals surface area contributed by atoms with Crippen LogP contribution in [0.1, 0.15) is 13.8 Å². The third-order valence-electron chi connectivity index (χ3n) is 3.13. The first-order chi connectivity index (χ1) is 16.4. The van der Waals surface area contributed by atoms with Crippen LogP contribution in [-0.2, 0) is 9.47 Å². The van der Waals surface area contributed by atoms with E-state index in [1.807, 2.05) is 24.3 Å². The van der Waals surface area contributed by atoms with Gasteiger partial charge in [0.1, 0.15) is 13.2 Å². The summed E-state index contributed by atoms with van der Waals surface area (Å²) in [6.07, 6.45) is -0.852. The molecule has 2 aromatic rings. The molecule has 0 radical (unpaired) electrons. The fourth-order valence-electron chi connectivity index (χ4n) is 1.80. The summed E-state index contributed by atoms with van der Waals surface area (Å²) in [4.78, 5) is 21.9. The van der Waals surface area contributed by atoms with E-state index >= 15 is 0 Å². The number of aliphatic hydroxyl groups is 2. The van der Waals surface area contributed by atoms with Gasteiger partial charge >= 0.3 is 12.2 Å². The molecular formula is C24H26Br2N2O6. The van der Waals surface area contributed by atoms with Gasteiger partial charge in [0.25, 0.3) is 0 Å². The molecule has 0 atom stereocenters. The first-order valence-corrected chi connectivity index (χ1v) is 11.5. The topological polar surface area (TPSA) is 117 Å². The Morgan fingerprint density at radius 3 is 1.32 bits per heavy atom. The molecule has 10 heteroatoms. The highest BCUT2D eigenvalue weighted by molar-refractivity contribution is 9.10. The predicted molar refractivity (Wildman–Crippen MR) is 139 cm³/mol. The van der Waals surface area contributed by atoms with Gasteiger partial charge in [0.15, 0.2) is 0 Å². The summed E-state index contributed by atoms with van der Waals surface area (Å²) in [6, 6.07) is 14.6. The molecule has 0 aliphatic carbocycles. The van der Waals surface area contributed by atoms with Crippen LogP contribution in [0.5, 0.6) is 0 Å². The molecular weight excluding hydrogens is 572 g/mol. The summed E-state index contributed by atoms with van der Waals surface area (Å²) in [5.41, 5.74) is 1.45. The SMILES string of the molecule is CCOC(=O)Nc1ccc(Br)cc1.CCOC(=O)Nc1ccc(Br)cc1.OCC#CC#CCO. The molecule has 182 valence electrons. The zero-order valence-electron chi connectivity index (χ0n) is 18.7. The maximum absolute atomic E-state index is 11.0. The molecule has 0 saturated heterocycles. The molecule has 2 aromatic carbocycles. The van der Waals surface area contributed by atoms with E-state index in [9.17, 15) is 9.59 Å². The van der Waals surface area contributed by atoms with E-state index in [1.54, 1.807) is 38.1 Å². The predicted octanol–water partition coefficient (Wildman–Crippen LogP) is 5.01. The number of anilines is 2. The summed E-state index contributed by atoms with van der Waals surface area (Å²) >= 11 is 6.60. The van der Waals surface area contributed by atoms with Gasteiger partial charge in [-0.25, -0.2) is 9.59 Å². The number of benzene rings is 2. The van der Waals surface area contributed by atoms with Gasteiger partial charge in [0.05, 0.1) is 13.2 Å². The Morgan fingerprint density at radius 2 is 1.06 bits per heavy atom. The minimum absolute atomic E-state index is 0.180. The molecule has 8 nitrogen and oxygen atoms in total. The van der Waals surface area contributed by atoms with Crippen LogP contribution in [-0.4, -0.2) is 48.8 Å². The molecule has 0 aliphatic rings. The van der Waals surface area contributed by atoms with E-state index < -0.39 is 12.2 Å². The van der Waals surface area contributed by atoms with Crippen LogP contribution in [0.4, 0.5) is 21.0 Å². The summed E-state index contributed by atoms with van der Waals surface area (Å²) in [5.74, 6) is 9.24. The standard InChI is InChI=1S/2C9H10BrNO2.C6H6O2/c2*1-2-13-9(12)11-8-5-3-7(10)4-6-8;7-5-3-1-2-4-6-8/h2*3-6H,2H2,1H3,(H,11,12);7-8H,5-6H2. The van der Waals surface area contributed by atoms with Gasteiger partial charge in [-0.3, -0.25) is 10.6 Å². The monoisotopic (exact) mass is 596 g/mol. The lowest BCUT2D eigenvalue weighted by atomic mass is 10.3. The molecule has 2 amide bonds. The Labute approximate surface area is 216 Å². The zero-order valence-corrected chi connectivity index (χ0v) is 21.9. The summed E-state index contributed by atoms with van der Waals surface area (Å²) < 4.78 is 11.4. The molecule has 0 spiro atoms. The van der Waals surface area contributed by atoms with Crippen molar-refractivity contribution in [2.24, 2.45) is 0 Å². The third-order valence-corrected chi connectivity index (χ3v) is 4.19. The Hall–Kier alpha value is -3.02. The minimum atomic E-state index is -0.426. The number of carbonyl (C=O) groups is 2. The smallest absolute Gasteiger partial charge is 0.411 e. The van der Waals surface area contributed by atoms with Gasteiger partial charge in [-0.2, -0.15) is 0 Å². The van der Waals surface area contributed by atoms with E-state index in [2.05, 4.69) is 66.2 Å². The number of aliphatic hydroxyl groups excluding tert-OH is 2. The highest BCUT2D eigenvalue weighted by Crippen LogP contribution is 2.14. The zero-order chi connectivity index (χ0) is 25.6. The van der Waals surface area contributed by atoms with E-state index in [1.165, 1.54) is 0 Å². The lowest BCUT2D eigenvalue weighted by Crippen LogP contribution is -2.12. The molecule has 0 unspecified atom stereocenters. The van der Waals surface area contributed by atoms with Crippen molar-refractivity contribution in [1.29, 1.82) is 0 Å². The van der Waals surface area contributed by atoms with E-state index in [0.717, 1.165) is 20.3 Å². The van der Waals surface area contributed by atoms with E-state index in [-0.39, 0.29) is 13.2 Å². The Bertz CT molecular complexity index is 893. The van der Waals surface area contributed by atoms with Crippen molar-refractivity contribution in [2.45, 2.75) is 13.8 Å². The maximum atomic E-state index is 11.0. The second-order valence-corrected chi connectivity index (χ2v) is 7.46. The van der Waals surface area contributed by atoms with Crippen LogP contribution in [0.15, 0.2) is 57.5 Å². The largest absolute Gasteiger partial charge is 0.450 e. The first-order valence-electron chi connectivity index (χ1n) is 9.92. The van der Waals surface area contributed by atoms with Crippen molar-refractivity contribution in [3.05, 3.63) is 57.5 Å². The van der Waals surface area contributed by atoms with Crippen molar-refractivity contribution < 1.29 is 29.3 Å². The van der Waals surface area contributed by atoms with Crippen molar-refractivity contribution in [3.8, 4) is 23.7 Å². The Morgan fingerprint density at radius 1 is 0.735 bits per heavy atom. The Kier molecular flexibility index (Phi) is 18.7. The van der Waals surface area contributed by atoms with Crippen molar-refractivity contribution >= 4 is 55.4 Å². The molecule has 0 fully saturated rings. The van der Waals surface area contributed by atoms with Crippen LogP contribution >= 0.6 is 31.9 Å². The number of amides is 2. The van der Waals surface area contributed by atoms with E-state index in [0.29, 0.717) is 13.2 Å². The lowest BCUT2D eigenvalue weighted by molar-refractivity contribution is 0.167. The lowest BCUT2D eigenvalue weighted by Gasteiger charge is -2.04. The first kappa shape index (κ1) is 31.0. The number of hydrogen-bond acceptors (Lipinski definition) is 6. The molecule has 0 bridgehead atoms. The van der Waals surface area contributed by atoms with Crippen LogP contribution in [0.3, 0.4) is 0 Å². The van der Waals surface area contributed by atoms with Gasteiger partial charge in [-0.15, -0.1) is 0 Å². The minimum Gasteiger partial charge on any atom is -0.450 e. The maximum Gasteiger partial charge on any atom is 0.411 e. The van der Waals surface area contributed by atoms with Gasteiger partial charge in [0, 0.05) is 20.3 Å². The normalized spacial score (nSPS) is 8.53. The molecule has 2 rings (SSSR count). The highest BCUT2D eigenvalue weighted by atomic mass is 79.9. The van der Waals surface area contributed by atoms with Crippen LogP contribution in [0.2, 0.25) is 0 Å². The van der Waals surface area contributed by atoms with Crippen LogP contribution in [0.25, 0.3) is 0 Å². The summed E-state index contributed by atoms with van der Waals surface area (Å²) in [5, 5.41) is 21.3. The van der Waals surface area contributed by atoms with Crippen molar-refractivity contribution in [2.75, 3.05) is 37.1 Å². The van der Waals surface area contributed by atoms with Gasteiger partial charge in [-0.05, 0) is 74.2 Å². The Balaban J connectivity index is 0.000000497. The highest BCUT2D eigenvalue weighted by Gasteiger charge is 2.01. The van der Waals surface area contributed by atoms with Crippen molar-refractivity contribution in [1.82, 2.24) is 0 Å². The molecule has 0 aliphatic heterocycles. The second-order valence-electron chi connectivity index (χ2n) is 5.62. The van der Waals surface area contributed by atoms with Crippen LogP contribution < -0.4 is 10.6 Å². The average molecular weight is 598 g/mol. The van der Waals surface area contributed by atoms with Crippen LogP contribution in [0, 0.1) is 23.7 Å².